The molecule has 1 saturated heterocycles. The number of Topliss-reactive ketones (excluding diaryl/α,β-unsaturated/α-hetero) is 1. The summed E-state index contributed by atoms with van der Waals surface area (Å²) >= 11 is 2.77. The minimum Gasteiger partial charge on any atom is -0.356 e. The first-order chi connectivity index (χ1) is 14.8. The minimum atomic E-state index is -0.107. The van der Waals surface area contributed by atoms with Crippen LogP contribution >= 0.6 is 23.1 Å². The van der Waals surface area contributed by atoms with E-state index in [0.717, 1.165) is 36.4 Å². The van der Waals surface area contributed by atoms with Crippen LogP contribution in [0.2, 0.25) is 0 Å². The maximum absolute atomic E-state index is 13.1. The molecule has 0 unspecified atom stereocenters. The van der Waals surface area contributed by atoms with Crippen LogP contribution in [0, 0.1) is 13.8 Å². The highest BCUT2D eigenvalue weighted by molar-refractivity contribution is 7.99. The van der Waals surface area contributed by atoms with Gasteiger partial charge < -0.3 is 9.88 Å². The standard InChI is InChI=1S/C22H26N4O3S2/c1-12(2)26-21(29)18-13(3)14(4)31-19(18)24-22(26)30-11-17(27)15-9-16(23-10-15)20(28)25-7-5-6-8-25/h9-10,12,23H,5-8,11H2,1-4H3. The normalized spacial score (nSPS) is 14.2. The van der Waals surface area contributed by atoms with Crippen molar-refractivity contribution in [1.29, 1.82) is 0 Å². The van der Waals surface area contributed by atoms with Gasteiger partial charge in [0.2, 0.25) is 0 Å². The van der Waals surface area contributed by atoms with Crippen LogP contribution in [0.5, 0.6) is 0 Å². The second-order valence-corrected chi connectivity index (χ2v) is 10.3. The van der Waals surface area contributed by atoms with E-state index < -0.39 is 0 Å². The molecule has 0 saturated carbocycles. The number of fused-ring (bicyclic) bond motifs is 1. The van der Waals surface area contributed by atoms with Gasteiger partial charge in [-0.15, -0.1) is 11.3 Å². The lowest BCUT2D eigenvalue weighted by molar-refractivity contribution is 0.0787. The summed E-state index contributed by atoms with van der Waals surface area (Å²) in [4.78, 5) is 49.7. The molecule has 1 fully saturated rings. The van der Waals surface area contributed by atoms with Gasteiger partial charge in [0.1, 0.15) is 10.5 Å². The second kappa shape index (κ2) is 8.63. The fourth-order valence-electron chi connectivity index (χ4n) is 3.83. The van der Waals surface area contributed by atoms with Crippen LogP contribution in [0.1, 0.15) is 64.0 Å². The zero-order valence-corrected chi connectivity index (χ0v) is 19.8. The Morgan fingerprint density at radius 1 is 1.26 bits per heavy atom. The van der Waals surface area contributed by atoms with Gasteiger partial charge in [-0.2, -0.15) is 0 Å². The maximum atomic E-state index is 13.1. The van der Waals surface area contributed by atoms with E-state index in [9.17, 15) is 14.4 Å². The molecule has 1 aliphatic rings. The Kier molecular flexibility index (Phi) is 6.07. The number of aryl methyl sites for hydroxylation is 2. The first-order valence-corrected chi connectivity index (χ1v) is 12.2. The zero-order chi connectivity index (χ0) is 22.3. The van der Waals surface area contributed by atoms with Crippen molar-refractivity contribution in [2.24, 2.45) is 0 Å². The van der Waals surface area contributed by atoms with E-state index in [2.05, 4.69) is 4.98 Å². The summed E-state index contributed by atoms with van der Waals surface area (Å²) in [6.45, 7) is 9.35. The molecule has 0 radical (unpaired) electrons. The molecule has 164 valence electrons. The molecule has 9 heteroatoms. The zero-order valence-electron chi connectivity index (χ0n) is 18.2. The molecule has 1 amide bonds. The average Bonchev–Trinajstić information content (AvgIpc) is 3.47. The summed E-state index contributed by atoms with van der Waals surface area (Å²) in [5.41, 5.74) is 1.83. The van der Waals surface area contributed by atoms with Crippen LogP contribution in [-0.2, 0) is 0 Å². The number of hydrogen-bond donors (Lipinski definition) is 1. The number of thioether (sulfide) groups is 1. The van der Waals surface area contributed by atoms with Crippen LogP contribution < -0.4 is 5.56 Å². The van der Waals surface area contributed by atoms with E-state index in [-0.39, 0.29) is 29.0 Å². The van der Waals surface area contributed by atoms with Crippen LogP contribution in [0.3, 0.4) is 0 Å². The molecule has 0 spiro atoms. The number of carbonyl (C=O) groups excluding carboxylic acids is 2. The van der Waals surface area contributed by atoms with Crippen LogP contribution in [0.4, 0.5) is 0 Å². The predicted octanol–water partition coefficient (Wildman–Crippen LogP) is 4.19. The van der Waals surface area contributed by atoms with Crippen molar-refractivity contribution < 1.29 is 9.59 Å². The third-order valence-electron chi connectivity index (χ3n) is 5.68. The Bertz CT molecular complexity index is 1220. The van der Waals surface area contributed by atoms with Crippen molar-refractivity contribution >= 4 is 45.0 Å². The number of ketones is 1. The van der Waals surface area contributed by atoms with Gasteiger partial charge in [-0.1, -0.05) is 11.8 Å². The molecule has 0 aromatic carbocycles. The summed E-state index contributed by atoms with van der Waals surface area (Å²) in [5, 5.41) is 1.22. The number of likely N-dealkylation sites (tertiary alicyclic amines) is 1. The molecule has 3 aromatic rings. The van der Waals surface area contributed by atoms with Gasteiger partial charge in [-0.3, -0.25) is 19.0 Å². The van der Waals surface area contributed by atoms with Crippen LogP contribution in [0.25, 0.3) is 10.2 Å². The van der Waals surface area contributed by atoms with E-state index in [4.69, 9.17) is 4.98 Å². The molecule has 31 heavy (non-hydrogen) atoms. The molecule has 1 aliphatic heterocycles. The highest BCUT2D eigenvalue weighted by Gasteiger charge is 2.23. The van der Waals surface area contributed by atoms with E-state index >= 15 is 0 Å². The Labute approximate surface area is 188 Å². The molecule has 0 aliphatic carbocycles. The molecular formula is C22H26N4O3S2. The van der Waals surface area contributed by atoms with E-state index in [1.54, 1.807) is 21.7 Å². The number of rotatable bonds is 6. The van der Waals surface area contributed by atoms with Gasteiger partial charge in [-0.05, 0) is 52.2 Å². The third-order valence-corrected chi connectivity index (χ3v) is 7.73. The van der Waals surface area contributed by atoms with Crippen molar-refractivity contribution in [2.75, 3.05) is 18.8 Å². The number of carbonyl (C=O) groups is 2. The van der Waals surface area contributed by atoms with Gasteiger partial charge >= 0.3 is 0 Å². The van der Waals surface area contributed by atoms with Crippen molar-refractivity contribution in [1.82, 2.24) is 19.4 Å². The average molecular weight is 459 g/mol. The third kappa shape index (κ3) is 4.08. The number of hydrogen-bond acceptors (Lipinski definition) is 6. The summed E-state index contributed by atoms with van der Waals surface area (Å²) in [7, 11) is 0. The molecule has 4 heterocycles. The molecule has 1 N–H and O–H groups in total. The molecule has 7 nitrogen and oxygen atoms in total. The quantitative estimate of drug-likeness (QED) is 0.340. The van der Waals surface area contributed by atoms with Crippen molar-refractivity contribution in [3.8, 4) is 0 Å². The summed E-state index contributed by atoms with van der Waals surface area (Å²) in [5.74, 6) is -0.0262. The minimum absolute atomic E-state index is 0.0584. The molecule has 0 atom stereocenters. The Morgan fingerprint density at radius 3 is 2.65 bits per heavy atom. The summed E-state index contributed by atoms with van der Waals surface area (Å²) < 4.78 is 1.67. The molecule has 3 aromatic heterocycles. The lowest BCUT2D eigenvalue weighted by Crippen LogP contribution is -2.27. The van der Waals surface area contributed by atoms with Gasteiger partial charge in [0, 0.05) is 35.8 Å². The Morgan fingerprint density at radius 2 is 1.97 bits per heavy atom. The molecular weight excluding hydrogens is 432 g/mol. The van der Waals surface area contributed by atoms with Crippen LogP contribution in [-0.4, -0.2) is 50.0 Å². The number of thiophene rings is 1. The second-order valence-electron chi connectivity index (χ2n) is 8.14. The van der Waals surface area contributed by atoms with E-state index in [1.165, 1.54) is 23.1 Å². The number of nitrogens with one attached hydrogen (secondary N) is 1. The van der Waals surface area contributed by atoms with Crippen molar-refractivity contribution in [3.05, 3.63) is 44.3 Å². The summed E-state index contributed by atoms with van der Waals surface area (Å²) in [6.07, 6.45) is 3.63. The number of nitrogens with zero attached hydrogens (tertiary/aromatic N) is 3. The van der Waals surface area contributed by atoms with Crippen molar-refractivity contribution in [2.45, 2.75) is 51.7 Å². The Hall–Kier alpha value is -2.39. The fourth-order valence-corrected chi connectivity index (χ4v) is 5.92. The topological polar surface area (TPSA) is 88.1 Å². The van der Waals surface area contributed by atoms with Crippen molar-refractivity contribution in [3.63, 3.8) is 0 Å². The smallest absolute Gasteiger partial charge is 0.270 e. The first-order valence-electron chi connectivity index (χ1n) is 10.4. The molecule has 4 rings (SSSR count). The maximum Gasteiger partial charge on any atom is 0.270 e. The largest absolute Gasteiger partial charge is 0.356 e. The lowest BCUT2D eigenvalue weighted by atomic mass is 10.2. The van der Waals surface area contributed by atoms with Crippen LogP contribution in [0.15, 0.2) is 22.2 Å². The SMILES string of the molecule is Cc1sc2nc(SCC(=O)c3c[nH]c(C(=O)N4CCCC4)c3)n(C(C)C)c(=O)c2c1C. The lowest BCUT2D eigenvalue weighted by Gasteiger charge is -2.15. The first kappa shape index (κ1) is 21.8. The van der Waals surface area contributed by atoms with E-state index in [0.29, 0.717) is 26.6 Å². The highest BCUT2D eigenvalue weighted by atomic mass is 32.2. The summed E-state index contributed by atoms with van der Waals surface area (Å²) in [6, 6.07) is 1.56. The van der Waals surface area contributed by atoms with E-state index in [1.807, 2.05) is 27.7 Å². The molecule has 0 bridgehead atoms. The highest BCUT2D eigenvalue weighted by Crippen LogP contribution is 2.29. The number of aromatic nitrogens is 3. The predicted molar refractivity (Wildman–Crippen MR) is 125 cm³/mol. The van der Waals surface area contributed by atoms with Gasteiger partial charge in [0.15, 0.2) is 10.9 Å². The number of aromatic amines is 1. The Balaban J connectivity index is 1.55. The monoisotopic (exact) mass is 458 g/mol. The van der Waals surface area contributed by atoms with Gasteiger partial charge in [0.05, 0.1) is 11.1 Å². The number of H-pyrrole nitrogens is 1. The fraction of sp³-hybridized carbons (Fsp3) is 0.455. The van der Waals surface area contributed by atoms with Gasteiger partial charge in [0.25, 0.3) is 11.5 Å². The van der Waals surface area contributed by atoms with Gasteiger partial charge in [-0.25, -0.2) is 4.98 Å². The number of amides is 1.